The van der Waals surface area contributed by atoms with E-state index in [0.717, 1.165) is 5.82 Å². The molecule has 4 aromatic rings. The summed E-state index contributed by atoms with van der Waals surface area (Å²) in [5, 5.41) is 8.53. The maximum atomic E-state index is 13.1. The summed E-state index contributed by atoms with van der Waals surface area (Å²) in [5.74, 6) is 2.68. The molecule has 0 unspecified atom stereocenters. The Balaban J connectivity index is 1.22. The molecule has 2 aromatic carbocycles. The van der Waals surface area contributed by atoms with E-state index in [2.05, 4.69) is 15.2 Å². The fourth-order valence-electron chi connectivity index (χ4n) is 3.63. The van der Waals surface area contributed by atoms with Crippen molar-refractivity contribution in [2.45, 2.75) is 4.90 Å². The molecule has 0 bridgehead atoms. The SMILES string of the molecule is O=S(=O)(c1ccc(Oc2ccccc2)cc1)N1CCN(c2ccc(-n3ccnc3)nn2)CC1. The van der Waals surface area contributed by atoms with Gasteiger partial charge in [-0.3, -0.25) is 4.57 Å². The van der Waals surface area contributed by atoms with Crippen LogP contribution in [0, 0.1) is 0 Å². The van der Waals surface area contributed by atoms with Crippen LogP contribution in [0.4, 0.5) is 5.82 Å². The summed E-state index contributed by atoms with van der Waals surface area (Å²) in [7, 11) is -3.59. The van der Waals surface area contributed by atoms with Crippen LogP contribution in [-0.4, -0.2) is 58.7 Å². The van der Waals surface area contributed by atoms with Crippen molar-refractivity contribution in [3.8, 4) is 17.3 Å². The Morgan fingerprint density at radius 3 is 2.06 bits per heavy atom. The molecule has 0 aliphatic carbocycles. The number of nitrogens with zero attached hydrogens (tertiary/aromatic N) is 6. The Labute approximate surface area is 191 Å². The number of piperazine rings is 1. The number of anilines is 1. The van der Waals surface area contributed by atoms with Crippen molar-refractivity contribution in [3.05, 3.63) is 85.5 Å². The minimum atomic E-state index is -3.59. The molecule has 1 aliphatic heterocycles. The van der Waals surface area contributed by atoms with Gasteiger partial charge in [-0.1, -0.05) is 18.2 Å². The van der Waals surface area contributed by atoms with Crippen LogP contribution in [0.1, 0.15) is 0 Å². The van der Waals surface area contributed by atoms with E-state index < -0.39 is 10.0 Å². The van der Waals surface area contributed by atoms with E-state index in [1.165, 1.54) is 4.31 Å². The van der Waals surface area contributed by atoms with E-state index in [9.17, 15) is 8.42 Å². The standard InChI is InChI=1S/C23H22N6O3S/c30-33(31,21-8-6-20(7-9-21)32-19-4-2-1-3-5-19)29-16-14-27(15-17-29)22-10-11-23(26-25-22)28-13-12-24-18-28/h1-13,18H,14-17H2. The number of imidazole rings is 1. The van der Waals surface area contributed by atoms with Gasteiger partial charge in [0.2, 0.25) is 10.0 Å². The minimum Gasteiger partial charge on any atom is -0.457 e. The highest BCUT2D eigenvalue weighted by Gasteiger charge is 2.29. The van der Waals surface area contributed by atoms with Crippen LogP contribution in [0.2, 0.25) is 0 Å². The molecule has 3 heterocycles. The first kappa shape index (κ1) is 21.1. The summed E-state index contributed by atoms with van der Waals surface area (Å²) >= 11 is 0. The van der Waals surface area contributed by atoms with Gasteiger partial charge in [-0.15, -0.1) is 10.2 Å². The van der Waals surface area contributed by atoms with E-state index in [0.29, 0.717) is 43.5 Å². The molecule has 0 spiro atoms. The van der Waals surface area contributed by atoms with E-state index in [-0.39, 0.29) is 4.90 Å². The lowest BCUT2D eigenvalue weighted by atomic mass is 10.3. The van der Waals surface area contributed by atoms with E-state index >= 15 is 0 Å². The van der Waals surface area contributed by atoms with Gasteiger partial charge in [0.15, 0.2) is 11.6 Å². The van der Waals surface area contributed by atoms with Crippen molar-refractivity contribution < 1.29 is 13.2 Å². The Bertz CT molecular complexity index is 1290. The first-order chi connectivity index (χ1) is 16.1. The van der Waals surface area contributed by atoms with Gasteiger partial charge >= 0.3 is 0 Å². The number of aromatic nitrogens is 4. The highest BCUT2D eigenvalue weighted by molar-refractivity contribution is 7.89. The third-order valence-electron chi connectivity index (χ3n) is 5.41. The molecule has 0 atom stereocenters. The van der Waals surface area contributed by atoms with Gasteiger partial charge in [-0.25, -0.2) is 13.4 Å². The van der Waals surface area contributed by atoms with Crippen LogP contribution < -0.4 is 9.64 Å². The van der Waals surface area contributed by atoms with Crippen LogP contribution in [0.3, 0.4) is 0 Å². The Morgan fingerprint density at radius 1 is 0.758 bits per heavy atom. The number of benzene rings is 2. The monoisotopic (exact) mass is 462 g/mol. The second-order valence-electron chi connectivity index (χ2n) is 7.50. The van der Waals surface area contributed by atoms with Gasteiger partial charge in [0.1, 0.15) is 17.8 Å². The molecular weight excluding hydrogens is 440 g/mol. The third kappa shape index (κ3) is 4.57. The largest absolute Gasteiger partial charge is 0.457 e. The number of ether oxygens (including phenoxy) is 1. The van der Waals surface area contributed by atoms with Crippen LogP contribution >= 0.6 is 0 Å². The van der Waals surface area contributed by atoms with Crippen molar-refractivity contribution in [1.29, 1.82) is 0 Å². The van der Waals surface area contributed by atoms with Gasteiger partial charge in [0, 0.05) is 38.6 Å². The summed E-state index contributed by atoms with van der Waals surface area (Å²) < 4.78 is 35.2. The van der Waals surface area contributed by atoms with E-state index in [1.807, 2.05) is 47.4 Å². The molecule has 0 amide bonds. The molecule has 168 valence electrons. The van der Waals surface area contributed by atoms with Gasteiger partial charge < -0.3 is 9.64 Å². The summed E-state index contributed by atoms with van der Waals surface area (Å²) in [6, 6.07) is 19.6. The summed E-state index contributed by atoms with van der Waals surface area (Å²) in [4.78, 5) is 6.29. The molecule has 33 heavy (non-hydrogen) atoms. The summed E-state index contributed by atoms with van der Waals surface area (Å²) in [6.07, 6.45) is 5.14. The molecule has 1 aliphatic rings. The van der Waals surface area contributed by atoms with E-state index in [1.54, 1.807) is 47.6 Å². The molecule has 0 radical (unpaired) electrons. The van der Waals surface area contributed by atoms with Gasteiger partial charge in [-0.2, -0.15) is 4.31 Å². The van der Waals surface area contributed by atoms with Crippen LogP contribution in [-0.2, 0) is 10.0 Å². The summed E-state index contributed by atoms with van der Waals surface area (Å²) in [6.45, 7) is 1.81. The van der Waals surface area contributed by atoms with E-state index in [4.69, 9.17) is 4.74 Å². The van der Waals surface area contributed by atoms with Gasteiger partial charge in [-0.05, 0) is 48.5 Å². The molecule has 0 saturated carbocycles. The Hall–Kier alpha value is -3.76. The smallest absolute Gasteiger partial charge is 0.243 e. The number of hydrogen-bond acceptors (Lipinski definition) is 7. The third-order valence-corrected chi connectivity index (χ3v) is 7.32. The van der Waals surface area contributed by atoms with Gasteiger partial charge in [0.25, 0.3) is 0 Å². The lowest BCUT2D eigenvalue weighted by molar-refractivity contribution is 0.383. The number of hydrogen-bond donors (Lipinski definition) is 0. The molecule has 10 heteroatoms. The topological polar surface area (TPSA) is 93.5 Å². The molecule has 0 N–H and O–H groups in total. The molecule has 2 aromatic heterocycles. The molecule has 5 rings (SSSR count). The number of rotatable bonds is 6. The van der Waals surface area contributed by atoms with Crippen LogP contribution in [0.25, 0.3) is 5.82 Å². The average molecular weight is 463 g/mol. The van der Waals surface area contributed by atoms with Crippen molar-refractivity contribution in [3.63, 3.8) is 0 Å². The predicted octanol–water partition coefficient (Wildman–Crippen LogP) is 2.97. The predicted molar refractivity (Wildman–Crippen MR) is 123 cm³/mol. The summed E-state index contributed by atoms with van der Waals surface area (Å²) in [5.41, 5.74) is 0. The van der Waals surface area contributed by atoms with Gasteiger partial charge in [0.05, 0.1) is 4.90 Å². The number of sulfonamides is 1. The first-order valence-corrected chi connectivity index (χ1v) is 11.9. The Kier molecular flexibility index (Phi) is 5.76. The quantitative estimate of drug-likeness (QED) is 0.435. The second kappa shape index (κ2) is 9.00. The molecule has 1 fully saturated rings. The highest BCUT2D eigenvalue weighted by Crippen LogP contribution is 2.25. The number of para-hydroxylation sites is 1. The van der Waals surface area contributed by atoms with Crippen molar-refractivity contribution in [2.24, 2.45) is 0 Å². The fraction of sp³-hybridized carbons (Fsp3) is 0.174. The zero-order chi connectivity index (χ0) is 22.7. The normalized spacial score (nSPS) is 14.8. The van der Waals surface area contributed by atoms with Crippen LogP contribution in [0.15, 0.2) is 90.3 Å². The molecule has 9 nitrogen and oxygen atoms in total. The zero-order valence-electron chi connectivity index (χ0n) is 17.7. The second-order valence-corrected chi connectivity index (χ2v) is 9.44. The lowest BCUT2D eigenvalue weighted by Gasteiger charge is -2.34. The first-order valence-electron chi connectivity index (χ1n) is 10.5. The maximum absolute atomic E-state index is 13.1. The highest BCUT2D eigenvalue weighted by atomic mass is 32.2. The van der Waals surface area contributed by atoms with Crippen molar-refractivity contribution in [2.75, 3.05) is 31.1 Å². The zero-order valence-corrected chi connectivity index (χ0v) is 18.5. The van der Waals surface area contributed by atoms with Crippen molar-refractivity contribution >= 4 is 15.8 Å². The lowest BCUT2D eigenvalue weighted by Crippen LogP contribution is -2.49. The average Bonchev–Trinajstić information content (AvgIpc) is 3.40. The molecular formula is C23H22N6O3S. The van der Waals surface area contributed by atoms with Crippen LogP contribution in [0.5, 0.6) is 11.5 Å². The Morgan fingerprint density at radius 2 is 1.42 bits per heavy atom. The maximum Gasteiger partial charge on any atom is 0.243 e. The minimum absolute atomic E-state index is 0.251. The van der Waals surface area contributed by atoms with Crippen molar-refractivity contribution in [1.82, 2.24) is 24.1 Å². The molecule has 1 saturated heterocycles. The fourth-order valence-corrected chi connectivity index (χ4v) is 5.05.